The summed E-state index contributed by atoms with van der Waals surface area (Å²) in [6.45, 7) is 5.64. The van der Waals surface area contributed by atoms with E-state index in [1.165, 1.54) is 6.20 Å². The van der Waals surface area contributed by atoms with E-state index in [9.17, 15) is 14.7 Å². The van der Waals surface area contributed by atoms with E-state index in [-0.39, 0.29) is 18.2 Å². The summed E-state index contributed by atoms with van der Waals surface area (Å²) in [5.74, 6) is -0.709. The summed E-state index contributed by atoms with van der Waals surface area (Å²) in [4.78, 5) is 29.0. The Bertz CT molecular complexity index is 973. The Hall–Kier alpha value is -3.00. The van der Waals surface area contributed by atoms with Crippen molar-refractivity contribution in [1.82, 2.24) is 9.88 Å². The molecule has 1 aliphatic rings. The third-order valence-corrected chi connectivity index (χ3v) is 6.02. The molecule has 0 bridgehead atoms. The molecule has 0 aliphatic carbocycles. The molecule has 1 saturated heterocycles. The Morgan fingerprint density at radius 2 is 1.91 bits per heavy atom. The van der Waals surface area contributed by atoms with Gasteiger partial charge in [-0.1, -0.05) is 18.2 Å². The molecule has 8 heteroatoms. The number of alkyl halides is 1. The van der Waals surface area contributed by atoms with Gasteiger partial charge in [0.05, 0.1) is 19.8 Å². The summed E-state index contributed by atoms with van der Waals surface area (Å²) < 4.78 is 26.1. The van der Waals surface area contributed by atoms with Crippen LogP contribution in [0.2, 0.25) is 0 Å². The Morgan fingerprint density at radius 1 is 1.18 bits per heavy atom. The first-order valence-corrected chi connectivity index (χ1v) is 11.3. The van der Waals surface area contributed by atoms with Crippen LogP contribution >= 0.6 is 0 Å². The minimum Gasteiger partial charge on any atom is -0.493 e. The SMILES string of the molecule is CCOC(=O)CN1CCC(F)(CCCOc2cccc(-c3cccnc3C(=O)O)c2C)CC1. The molecule has 3 rings (SSSR count). The molecule has 0 amide bonds. The Labute approximate surface area is 193 Å². The maximum Gasteiger partial charge on any atom is 0.355 e. The molecular weight excluding hydrogens is 427 g/mol. The lowest BCUT2D eigenvalue weighted by Crippen LogP contribution is -2.44. The summed E-state index contributed by atoms with van der Waals surface area (Å²) in [5.41, 5.74) is 0.832. The number of hydrogen-bond acceptors (Lipinski definition) is 6. The van der Waals surface area contributed by atoms with E-state index < -0.39 is 11.6 Å². The lowest BCUT2D eigenvalue weighted by molar-refractivity contribution is -0.145. The lowest BCUT2D eigenvalue weighted by atomic mass is 9.89. The number of hydrogen-bond donors (Lipinski definition) is 1. The van der Waals surface area contributed by atoms with Crippen molar-refractivity contribution in [2.75, 3.05) is 32.8 Å². The third kappa shape index (κ3) is 6.51. The zero-order valence-corrected chi connectivity index (χ0v) is 19.2. The quantitative estimate of drug-likeness (QED) is 0.420. The van der Waals surface area contributed by atoms with Gasteiger partial charge in [-0.3, -0.25) is 9.69 Å². The van der Waals surface area contributed by atoms with Crippen LogP contribution in [0, 0.1) is 6.92 Å². The number of aromatic carboxylic acids is 1. The van der Waals surface area contributed by atoms with Crippen LogP contribution in [0.5, 0.6) is 5.75 Å². The minimum absolute atomic E-state index is 0.00794. The molecule has 0 spiro atoms. The molecule has 33 heavy (non-hydrogen) atoms. The van der Waals surface area contributed by atoms with Gasteiger partial charge in [0.1, 0.15) is 11.4 Å². The highest BCUT2D eigenvalue weighted by Gasteiger charge is 2.34. The lowest BCUT2D eigenvalue weighted by Gasteiger charge is -2.36. The largest absolute Gasteiger partial charge is 0.493 e. The van der Waals surface area contributed by atoms with Crippen molar-refractivity contribution in [1.29, 1.82) is 0 Å². The Kier molecular flexibility index (Phi) is 8.38. The van der Waals surface area contributed by atoms with Crippen LogP contribution in [0.3, 0.4) is 0 Å². The van der Waals surface area contributed by atoms with Crippen LogP contribution < -0.4 is 4.74 Å². The number of esters is 1. The van der Waals surface area contributed by atoms with Crippen LogP contribution in [-0.4, -0.2) is 65.4 Å². The zero-order valence-electron chi connectivity index (χ0n) is 19.2. The van der Waals surface area contributed by atoms with Crippen molar-refractivity contribution in [3.63, 3.8) is 0 Å². The van der Waals surface area contributed by atoms with E-state index in [4.69, 9.17) is 9.47 Å². The van der Waals surface area contributed by atoms with E-state index in [1.54, 1.807) is 19.1 Å². The fourth-order valence-corrected chi connectivity index (χ4v) is 4.18. The van der Waals surface area contributed by atoms with E-state index in [2.05, 4.69) is 4.98 Å². The number of pyridine rings is 1. The number of ether oxygens (including phenoxy) is 2. The van der Waals surface area contributed by atoms with Gasteiger partial charge in [-0.05, 0) is 62.8 Å². The fraction of sp³-hybridized carbons (Fsp3) is 0.480. The van der Waals surface area contributed by atoms with E-state index in [1.807, 2.05) is 30.0 Å². The van der Waals surface area contributed by atoms with Crippen molar-refractivity contribution in [3.8, 4) is 16.9 Å². The topological polar surface area (TPSA) is 89.0 Å². The average Bonchev–Trinajstić information content (AvgIpc) is 2.79. The molecule has 1 fully saturated rings. The standard InChI is InChI=1S/C25H31FN2O5/c1-3-32-22(29)17-28-14-11-25(26,12-15-28)10-6-16-33-21-9-4-7-19(18(21)2)20-8-5-13-27-23(20)24(30)31/h4-5,7-9,13H,3,6,10-12,14-17H2,1-2H3,(H,30,31). The van der Waals surface area contributed by atoms with E-state index >= 15 is 4.39 Å². The van der Waals surface area contributed by atoms with Crippen LogP contribution in [-0.2, 0) is 9.53 Å². The number of carbonyl (C=O) groups is 2. The van der Waals surface area contributed by atoms with Crippen molar-refractivity contribution in [3.05, 3.63) is 47.8 Å². The van der Waals surface area contributed by atoms with Crippen LogP contribution in [0.1, 0.15) is 48.7 Å². The maximum absolute atomic E-state index is 15.2. The summed E-state index contributed by atoms with van der Waals surface area (Å²) in [6.07, 6.45) is 3.19. The van der Waals surface area contributed by atoms with Gasteiger partial charge < -0.3 is 14.6 Å². The van der Waals surface area contributed by atoms with Gasteiger partial charge in [-0.15, -0.1) is 0 Å². The number of benzene rings is 1. The van der Waals surface area contributed by atoms with Gasteiger partial charge in [-0.2, -0.15) is 0 Å². The van der Waals surface area contributed by atoms with Gasteiger partial charge in [0.25, 0.3) is 0 Å². The van der Waals surface area contributed by atoms with Gasteiger partial charge in [0.15, 0.2) is 5.69 Å². The number of carbonyl (C=O) groups excluding carboxylic acids is 1. The van der Waals surface area contributed by atoms with Gasteiger partial charge >= 0.3 is 11.9 Å². The summed E-state index contributed by atoms with van der Waals surface area (Å²) in [5, 5.41) is 9.44. The normalized spacial score (nSPS) is 15.7. The molecule has 0 saturated carbocycles. The highest BCUT2D eigenvalue weighted by Crippen LogP contribution is 2.33. The second-order valence-corrected chi connectivity index (χ2v) is 8.32. The first kappa shape index (κ1) is 24.6. The van der Waals surface area contributed by atoms with E-state index in [0.29, 0.717) is 63.3 Å². The molecule has 0 radical (unpaired) electrons. The smallest absolute Gasteiger partial charge is 0.355 e. The first-order chi connectivity index (χ1) is 15.8. The number of piperidine rings is 1. The van der Waals surface area contributed by atoms with Gasteiger partial charge in [-0.25, -0.2) is 14.2 Å². The second-order valence-electron chi connectivity index (χ2n) is 8.32. The minimum atomic E-state index is -1.25. The molecule has 0 unspecified atom stereocenters. The van der Waals surface area contributed by atoms with Crippen molar-refractivity contribution < 1.29 is 28.6 Å². The molecule has 2 aromatic rings. The summed E-state index contributed by atoms with van der Waals surface area (Å²) in [6, 6.07) is 8.91. The van der Waals surface area contributed by atoms with Crippen molar-refractivity contribution >= 4 is 11.9 Å². The summed E-state index contributed by atoms with van der Waals surface area (Å²) >= 11 is 0. The number of nitrogens with zero attached hydrogens (tertiary/aromatic N) is 2. The van der Waals surface area contributed by atoms with Gasteiger partial charge in [0, 0.05) is 24.8 Å². The maximum atomic E-state index is 15.2. The van der Waals surface area contributed by atoms with Crippen LogP contribution in [0.25, 0.3) is 11.1 Å². The molecule has 1 N–H and O–H groups in total. The highest BCUT2D eigenvalue weighted by atomic mass is 19.1. The second kappa shape index (κ2) is 11.2. The number of carboxylic acid groups (broad SMARTS) is 1. The fourth-order valence-electron chi connectivity index (χ4n) is 4.18. The molecule has 0 atom stereocenters. The molecule has 178 valence electrons. The molecule has 2 heterocycles. The number of aromatic nitrogens is 1. The van der Waals surface area contributed by atoms with Crippen LogP contribution in [0.4, 0.5) is 4.39 Å². The predicted octanol–water partition coefficient (Wildman–Crippen LogP) is 4.28. The van der Waals surface area contributed by atoms with E-state index in [0.717, 1.165) is 11.1 Å². The predicted molar refractivity (Wildman–Crippen MR) is 122 cm³/mol. The zero-order chi connectivity index (χ0) is 23.8. The molecule has 1 aromatic heterocycles. The Morgan fingerprint density at radius 3 is 2.61 bits per heavy atom. The number of likely N-dealkylation sites (tertiary alicyclic amines) is 1. The average molecular weight is 459 g/mol. The molecule has 7 nitrogen and oxygen atoms in total. The summed E-state index contributed by atoms with van der Waals surface area (Å²) in [7, 11) is 0. The molecule has 1 aliphatic heterocycles. The highest BCUT2D eigenvalue weighted by molar-refractivity contribution is 5.94. The van der Waals surface area contributed by atoms with Crippen LogP contribution in [0.15, 0.2) is 36.5 Å². The number of rotatable bonds is 10. The third-order valence-electron chi connectivity index (χ3n) is 6.02. The van der Waals surface area contributed by atoms with Crippen molar-refractivity contribution in [2.45, 2.75) is 45.2 Å². The molecular formula is C25H31FN2O5. The Balaban J connectivity index is 1.52. The van der Waals surface area contributed by atoms with Crippen molar-refractivity contribution in [2.24, 2.45) is 0 Å². The first-order valence-electron chi connectivity index (χ1n) is 11.3. The number of halogens is 1. The monoisotopic (exact) mass is 458 g/mol. The van der Waals surface area contributed by atoms with Gasteiger partial charge in [0.2, 0.25) is 0 Å². The number of carboxylic acids is 1. The molecule has 1 aromatic carbocycles.